The van der Waals surface area contributed by atoms with Gasteiger partial charge in [-0.15, -0.1) is 0 Å². The van der Waals surface area contributed by atoms with Gasteiger partial charge in [-0.3, -0.25) is 4.90 Å². The molecule has 0 saturated heterocycles. The number of rotatable bonds is 4. The van der Waals surface area contributed by atoms with Crippen LogP contribution in [0.15, 0.2) is 0 Å². The third kappa shape index (κ3) is 3.45. The van der Waals surface area contributed by atoms with Gasteiger partial charge in [0.2, 0.25) is 0 Å². The minimum Gasteiger partial charge on any atom is -0.329 e. The van der Waals surface area contributed by atoms with Crippen LogP contribution in [-0.2, 0) is 0 Å². The molecule has 102 valence electrons. The normalized spacial score (nSPS) is 29.6. The van der Waals surface area contributed by atoms with Crippen molar-refractivity contribution in [1.29, 1.82) is 0 Å². The van der Waals surface area contributed by atoms with Gasteiger partial charge in [-0.05, 0) is 51.5 Å². The summed E-state index contributed by atoms with van der Waals surface area (Å²) in [6, 6.07) is 0.602. The summed E-state index contributed by atoms with van der Waals surface area (Å²) < 4.78 is 0. The van der Waals surface area contributed by atoms with Gasteiger partial charge in [0.05, 0.1) is 0 Å². The first-order valence-electron chi connectivity index (χ1n) is 7.34. The van der Waals surface area contributed by atoms with Crippen LogP contribution in [0.1, 0.15) is 66.7 Å². The fourth-order valence-electron chi connectivity index (χ4n) is 3.57. The van der Waals surface area contributed by atoms with Crippen LogP contribution in [0.25, 0.3) is 0 Å². The first-order valence-corrected chi connectivity index (χ1v) is 7.34. The SMILES string of the molecule is CCN(C(C)C)C1(CN)CCCC(C)(C)CC1. The molecule has 2 nitrogen and oxygen atoms in total. The molecule has 0 bridgehead atoms. The first-order chi connectivity index (χ1) is 7.87. The van der Waals surface area contributed by atoms with E-state index in [1.54, 1.807) is 0 Å². The van der Waals surface area contributed by atoms with Gasteiger partial charge in [-0.2, -0.15) is 0 Å². The van der Waals surface area contributed by atoms with Crippen LogP contribution in [0, 0.1) is 5.41 Å². The van der Waals surface area contributed by atoms with E-state index < -0.39 is 0 Å². The number of nitrogens with two attached hydrogens (primary N) is 1. The van der Waals surface area contributed by atoms with Crippen molar-refractivity contribution in [3.63, 3.8) is 0 Å². The van der Waals surface area contributed by atoms with Gasteiger partial charge in [0, 0.05) is 18.1 Å². The van der Waals surface area contributed by atoms with E-state index in [4.69, 9.17) is 5.73 Å². The van der Waals surface area contributed by atoms with Crippen LogP contribution >= 0.6 is 0 Å². The van der Waals surface area contributed by atoms with E-state index in [1.165, 1.54) is 32.1 Å². The van der Waals surface area contributed by atoms with Crippen molar-refractivity contribution in [1.82, 2.24) is 4.90 Å². The average Bonchev–Trinajstić information content (AvgIpc) is 2.39. The van der Waals surface area contributed by atoms with Crippen LogP contribution in [0.5, 0.6) is 0 Å². The Hall–Kier alpha value is -0.0800. The molecule has 0 heterocycles. The van der Waals surface area contributed by atoms with E-state index in [0.717, 1.165) is 13.1 Å². The lowest BCUT2D eigenvalue weighted by Crippen LogP contribution is -2.56. The summed E-state index contributed by atoms with van der Waals surface area (Å²) in [5, 5.41) is 0. The molecule has 0 aliphatic heterocycles. The summed E-state index contributed by atoms with van der Waals surface area (Å²) in [6.45, 7) is 13.6. The molecule has 1 unspecified atom stereocenters. The van der Waals surface area contributed by atoms with Gasteiger partial charge in [0.25, 0.3) is 0 Å². The van der Waals surface area contributed by atoms with Crippen molar-refractivity contribution in [2.24, 2.45) is 11.1 Å². The average molecular weight is 240 g/mol. The number of nitrogens with zero attached hydrogens (tertiary/aromatic N) is 1. The van der Waals surface area contributed by atoms with Crippen LogP contribution in [-0.4, -0.2) is 29.6 Å². The van der Waals surface area contributed by atoms with E-state index >= 15 is 0 Å². The number of hydrogen-bond donors (Lipinski definition) is 1. The summed E-state index contributed by atoms with van der Waals surface area (Å²) in [7, 11) is 0. The lowest BCUT2D eigenvalue weighted by atomic mass is 9.82. The maximum atomic E-state index is 6.17. The summed E-state index contributed by atoms with van der Waals surface area (Å²) in [5.74, 6) is 0. The fraction of sp³-hybridized carbons (Fsp3) is 1.00. The summed E-state index contributed by atoms with van der Waals surface area (Å²) >= 11 is 0. The molecular weight excluding hydrogens is 208 g/mol. The molecule has 1 fully saturated rings. The second kappa shape index (κ2) is 5.71. The van der Waals surface area contributed by atoms with E-state index in [2.05, 4.69) is 39.5 Å². The first kappa shape index (κ1) is 15.0. The summed E-state index contributed by atoms with van der Waals surface area (Å²) in [6.07, 6.45) is 6.53. The van der Waals surface area contributed by atoms with Gasteiger partial charge in [-0.25, -0.2) is 0 Å². The minimum absolute atomic E-state index is 0.261. The van der Waals surface area contributed by atoms with Crippen molar-refractivity contribution in [2.45, 2.75) is 78.3 Å². The second-order valence-electron chi connectivity index (χ2n) is 6.83. The quantitative estimate of drug-likeness (QED) is 0.763. The zero-order valence-corrected chi connectivity index (χ0v) is 12.6. The smallest absolute Gasteiger partial charge is 0.0334 e. The highest BCUT2D eigenvalue weighted by atomic mass is 15.2. The van der Waals surface area contributed by atoms with Crippen molar-refractivity contribution in [3.8, 4) is 0 Å². The molecule has 2 heteroatoms. The topological polar surface area (TPSA) is 29.3 Å². The molecule has 2 N–H and O–H groups in total. The second-order valence-corrected chi connectivity index (χ2v) is 6.83. The number of likely N-dealkylation sites (N-methyl/N-ethyl adjacent to an activating group) is 1. The van der Waals surface area contributed by atoms with Crippen LogP contribution in [0.3, 0.4) is 0 Å². The summed E-state index contributed by atoms with van der Waals surface area (Å²) in [4.78, 5) is 2.63. The minimum atomic E-state index is 0.261. The van der Waals surface area contributed by atoms with Gasteiger partial charge < -0.3 is 5.73 Å². The lowest BCUT2D eigenvalue weighted by molar-refractivity contribution is 0.0510. The molecule has 0 amide bonds. The Morgan fingerprint density at radius 3 is 2.24 bits per heavy atom. The zero-order valence-electron chi connectivity index (χ0n) is 12.6. The van der Waals surface area contributed by atoms with Gasteiger partial charge in [0.1, 0.15) is 0 Å². The van der Waals surface area contributed by atoms with Crippen LogP contribution < -0.4 is 5.73 Å². The number of hydrogen-bond acceptors (Lipinski definition) is 2. The molecular formula is C15H32N2. The van der Waals surface area contributed by atoms with E-state index in [9.17, 15) is 0 Å². The molecule has 1 aliphatic carbocycles. The molecule has 0 aromatic carbocycles. The predicted molar refractivity (Wildman–Crippen MR) is 76.2 cm³/mol. The van der Waals surface area contributed by atoms with Crippen molar-refractivity contribution in [3.05, 3.63) is 0 Å². The van der Waals surface area contributed by atoms with Crippen LogP contribution in [0.2, 0.25) is 0 Å². The zero-order chi connectivity index (χ0) is 13.1. The summed E-state index contributed by atoms with van der Waals surface area (Å²) in [5.41, 5.74) is 6.94. The third-order valence-corrected chi connectivity index (χ3v) is 4.72. The monoisotopic (exact) mass is 240 g/mol. The van der Waals surface area contributed by atoms with Gasteiger partial charge >= 0.3 is 0 Å². The highest BCUT2D eigenvalue weighted by Crippen LogP contribution is 2.40. The Morgan fingerprint density at radius 2 is 1.76 bits per heavy atom. The Bertz CT molecular complexity index is 235. The molecule has 0 radical (unpaired) electrons. The standard InChI is InChI=1S/C15H32N2/c1-6-17(13(2)3)15(12-16)9-7-8-14(4,5)10-11-15/h13H,6-12,16H2,1-5H3. The lowest BCUT2D eigenvalue weighted by Gasteiger charge is -2.45. The van der Waals surface area contributed by atoms with Gasteiger partial charge in [0.15, 0.2) is 0 Å². The molecule has 1 rings (SSSR count). The fourth-order valence-corrected chi connectivity index (χ4v) is 3.57. The highest BCUT2D eigenvalue weighted by molar-refractivity contribution is 4.96. The maximum absolute atomic E-state index is 6.17. The Labute approximate surface area is 108 Å². The Kier molecular flexibility index (Phi) is 5.03. The Balaban J connectivity index is 2.87. The Morgan fingerprint density at radius 1 is 1.12 bits per heavy atom. The predicted octanol–water partition coefficient (Wildman–Crippen LogP) is 3.40. The molecule has 17 heavy (non-hydrogen) atoms. The van der Waals surface area contributed by atoms with Crippen molar-refractivity contribution < 1.29 is 0 Å². The van der Waals surface area contributed by atoms with E-state index in [-0.39, 0.29) is 5.54 Å². The molecule has 1 aliphatic rings. The van der Waals surface area contributed by atoms with E-state index in [0.29, 0.717) is 11.5 Å². The highest BCUT2D eigenvalue weighted by Gasteiger charge is 2.39. The van der Waals surface area contributed by atoms with E-state index in [1.807, 2.05) is 0 Å². The molecule has 0 spiro atoms. The molecule has 1 atom stereocenters. The van der Waals surface area contributed by atoms with Crippen molar-refractivity contribution in [2.75, 3.05) is 13.1 Å². The molecule has 0 aromatic heterocycles. The van der Waals surface area contributed by atoms with Crippen molar-refractivity contribution >= 4 is 0 Å². The third-order valence-electron chi connectivity index (χ3n) is 4.72. The maximum Gasteiger partial charge on any atom is 0.0334 e. The van der Waals surface area contributed by atoms with Crippen LogP contribution in [0.4, 0.5) is 0 Å². The largest absolute Gasteiger partial charge is 0.329 e. The molecule has 0 aromatic rings. The molecule has 1 saturated carbocycles. The van der Waals surface area contributed by atoms with Gasteiger partial charge in [-0.1, -0.05) is 27.2 Å².